The molecular weight excluding hydrogens is 328 g/mol. The molecule has 0 fully saturated rings. The minimum absolute atomic E-state index is 0.178. The molecular formula is C17H21BrN2O. The Morgan fingerprint density at radius 2 is 2.10 bits per heavy atom. The first-order chi connectivity index (χ1) is 10.1. The molecule has 0 bridgehead atoms. The van der Waals surface area contributed by atoms with Crippen LogP contribution in [0.5, 0.6) is 5.75 Å². The smallest absolute Gasteiger partial charge is 0.120 e. The number of ether oxygens (including phenoxy) is 1. The molecule has 1 aromatic carbocycles. The van der Waals surface area contributed by atoms with Crippen molar-refractivity contribution in [1.82, 2.24) is 4.98 Å². The lowest BCUT2D eigenvalue weighted by atomic mass is 10.0. The Kier molecular flexibility index (Phi) is 5.76. The number of pyridine rings is 1. The second kappa shape index (κ2) is 7.57. The number of aryl methyl sites for hydroxylation is 1. The minimum atomic E-state index is 0.178. The first kappa shape index (κ1) is 16.0. The van der Waals surface area contributed by atoms with Crippen molar-refractivity contribution in [3.8, 4) is 5.75 Å². The normalized spacial score (nSPS) is 12.2. The van der Waals surface area contributed by atoms with Crippen molar-refractivity contribution in [2.75, 3.05) is 0 Å². The Labute approximate surface area is 134 Å². The Balaban J connectivity index is 2.05. The molecule has 2 aromatic rings. The van der Waals surface area contributed by atoms with Crippen molar-refractivity contribution in [3.05, 3.63) is 57.8 Å². The Bertz CT molecular complexity index is 601. The summed E-state index contributed by atoms with van der Waals surface area (Å²) in [6, 6.07) is 8.30. The summed E-state index contributed by atoms with van der Waals surface area (Å²) in [6.07, 6.45) is 5.49. The number of halogens is 1. The monoisotopic (exact) mass is 348 g/mol. The van der Waals surface area contributed by atoms with Crippen molar-refractivity contribution < 1.29 is 4.74 Å². The molecule has 0 aliphatic heterocycles. The second-order valence-corrected chi connectivity index (χ2v) is 6.14. The third-order valence-electron chi connectivity index (χ3n) is 3.36. The Hall–Kier alpha value is -1.39. The molecule has 1 atom stereocenters. The maximum Gasteiger partial charge on any atom is 0.120 e. The first-order valence-electron chi connectivity index (χ1n) is 7.15. The number of hydrogen-bond donors (Lipinski definition) is 1. The third-order valence-corrected chi connectivity index (χ3v) is 4.13. The van der Waals surface area contributed by atoms with Crippen molar-refractivity contribution in [2.24, 2.45) is 5.73 Å². The molecule has 0 saturated heterocycles. The van der Waals surface area contributed by atoms with Gasteiger partial charge in [-0.1, -0.05) is 22.9 Å². The zero-order valence-corrected chi connectivity index (χ0v) is 14.1. The van der Waals surface area contributed by atoms with Crippen molar-refractivity contribution in [3.63, 3.8) is 0 Å². The molecule has 21 heavy (non-hydrogen) atoms. The molecule has 2 N–H and O–H groups in total. The number of nitrogens with two attached hydrogens (primary N) is 1. The summed E-state index contributed by atoms with van der Waals surface area (Å²) in [4.78, 5) is 4.17. The molecule has 1 unspecified atom stereocenters. The summed E-state index contributed by atoms with van der Waals surface area (Å²) in [7, 11) is 0. The summed E-state index contributed by atoms with van der Waals surface area (Å²) in [5, 5.41) is 0. The summed E-state index contributed by atoms with van der Waals surface area (Å²) >= 11 is 3.57. The molecule has 0 aliphatic carbocycles. The Morgan fingerprint density at radius 3 is 2.81 bits per heavy atom. The quantitative estimate of drug-likeness (QED) is 0.857. The van der Waals surface area contributed by atoms with Crippen LogP contribution in [0.2, 0.25) is 0 Å². The van der Waals surface area contributed by atoms with Gasteiger partial charge in [0.2, 0.25) is 0 Å². The first-order valence-corrected chi connectivity index (χ1v) is 7.95. The van der Waals surface area contributed by atoms with Gasteiger partial charge < -0.3 is 10.5 Å². The number of hydrogen-bond acceptors (Lipinski definition) is 3. The van der Waals surface area contributed by atoms with E-state index in [0.717, 1.165) is 34.2 Å². The largest absolute Gasteiger partial charge is 0.489 e. The van der Waals surface area contributed by atoms with Crippen molar-refractivity contribution in [2.45, 2.75) is 39.3 Å². The summed E-state index contributed by atoms with van der Waals surface area (Å²) in [5.74, 6) is 0.859. The van der Waals surface area contributed by atoms with E-state index in [-0.39, 0.29) is 6.04 Å². The molecule has 2 rings (SSSR count). The summed E-state index contributed by atoms with van der Waals surface area (Å²) < 4.78 is 6.94. The van der Waals surface area contributed by atoms with Gasteiger partial charge in [0.15, 0.2) is 0 Å². The fourth-order valence-corrected chi connectivity index (χ4v) is 2.50. The van der Waals surface area contributed by atoms with E-state index >= 15 is 0 Å². The van der Waals surface area contributed by atoms with Gasteiger partial charge in [-0.25, -0.2) is 0 Å². The van der Waals surface area contributed by atoms with E-state index in [1.54, 1.807) is 0 Å². The van der Waals surface area contributed by atoms with Gasteiger partial charge >= 0.3 is 0 Å². The SMILES string of the molecule is CCC(N)Cc1cc(OCc2cncc(C)c2)ccc1Br. The molecule has 0 radical (unpaired) electrons. The van der Waals surface area contributed by atoms with Gasteiger partial charge in [-0.05, 0) is 55.2 Å². The third kappa shape index (κ3) is 4.83. The summed E-state index contributed by atoms with van der Waals surface area (Å²) in [5.41, 5.74) is 9.43. The van der Waals surface area contributed by atoms with Crippen LogP contribution in [-0.4, -0.2) is 11.0 Å². The van der Waals surface area contributed by atoms with E-state index in [1.807, 2.05) is 31.5 Å². The highest BCUT2D eigenvalue weighted by Crippen LogP contribution is 2.24. The highest BCUT2D eigenvalue weighted by atomic mass is 79.9. The predicted octanol–water partition coefficient (Wildman–Crippen LogP) is 4.01. The highest BCUT2D eigenvalue weighted by molar-refractivity contribution is 9.10. The zero-order valence-electron chi connectivity index (χ0n) is 12.5. The number of nitrogens with zero attached hydrogens (tertiary/aromatic N) is 1. The average molecular weight is 349 g/mol. The maximum absolute atomic E-state index is 6.04. The Morgan fingerprint density at radius 1 is 1.29 bits per heavy atom. The zero-order chi connectivity index (χ0) is 15.2. The van der Waals surface area contributed by atoms with Crippen LogP contribution >= 0.6 is 15.9 Å². The van der Waals surface area contributed by atoms with Crippen LogP contribution in [0.4, 0.5) is 0 Å². The van der Waals surface area contributed by atoms with Gasteiger partial charge in [-0.15, -0.1) is 0 Å². The fraction of sp³-hybridized carbons (Fsp3) is 0.353. The van der Waals surface area contributed by atoms with Crippen LogP contribution < -0.4 is 10.5 Å². The van der Waals surface area contributed by atoms with Gasteiger partial charge in [0.05, 0.1) is 0 Å². The molecule has 1 heterocycles. The molecule has 0 saturated carbocycles. The fourth-order valence-electron chi connectivity index (χ4n) is 2.09. The number of aromatic nitrogens is 1. The van der Waals surface area contributed by atoms with Crippen LogP contribution in [0.3, 0.4) is 0 Å². The van der Waals surface area contributed by atoms with Crippen LogP contribution in [-0.2, 0) is 13.0 Å². The van der Waals surface area contributed by atoms with Crippen molar-refractivity contribution in [1.29, 1.82) is 0 Å². The lowest BCUT2D eigenvalue weighted by Gasteiger charge is -2.13. The average Bonchev–Trinajstić information content (AvgIpc) is 2.48. The van der Waals surface area contributed by atoms with Gasteiger partial charge in [0.25, 0.3) is 0 Å². The molecule has 0 spiro atoms. The van der Waals surface area contributed by atoms with E-state index in [1.165, 1.54) is 5.56 Å². The van der Waals surface area contributed by atoms with Crippen LogP contribution in [0.25, 0.3) is 0 Å². The van der Waals surface area contributed by atoms with Gasteiger partial charge in [0.1, 0.15) is 12.4 Å². The van der Waals surface area contributed by atoms with E-state index in [9.17, 15) is 0 Å². The van der Waals surface area contributed by atoms with Crippen molar-refractivity contribution >= 4 is 15.9 Å². The van der Waals surface area contributed by atoms with E-state index < -0.39 is 0 Å². The van der Waals surface area contributed by atoms with Gasteiger partial charge in [-0.3, -0.25) is 4.98 Å². The predicted molar refractivity (Wildman–Crippen MR) is 89.4 cm³/mol. The maximum atomic E-state index is 6.04. The molecule has 1 aromatic heterocycles. The number of rotatable bonds is 6. The van der Waals surface area contributed by atoms with E-state index in [4.69, 9.17) is 10.5 Å². The second-order valence-electron chi connectivity index (χ2n) is 5.28. The van der Waals surface area contributed by atoms with E-state index in [0.29, 0.717) is 6.61 Å². The van der Waals surface area contributed by atoms with Gasteiger partial charge in [0, 0.05) is 28.5 Å². The van der Waals surface area contributed by atoms with Crippen LogP contribution in [0.15, 0.2) is 41.1 Å². The minimum Gasteiger partial charge on any atom is -0.489 e. The lowest BCUT2D eigenvalue weighted by molar-refractivity contribution is 0.305. The highest BCUT2D eigenvalue weighted by Gasteiger charge is 2.07. The molecule has 0 aliphatic rings. The molecule has 0 amide bonds. The van der Waals surface area contributed by atoms with Gasteiger partial charge in [-0.2, -0.15) is 0 Å². The molecule has 3 nitrogen and oxygen atoms in total. The molecule has 4 heteroatoms. The van der Waals surface area contributed by atoms with Crippen LogP contribution in [0.1, 0.15) is 30.0 Å². The molecule has 112 valence electrons. The van der Waals surface area contributed by atoms with E-state index in [2.05, 4.69) is 40.0 Å². The topological polar surface area (TPSA) is 48.1 Å². The number of benzene rings is 1. The summed E-state index contributed by atoms with van der Waals surface area (Å²) in [6.45, 7) is 4.65. The van der Waals surface area contributed by atoms with Crippen LogP contribution in [0, 0.1) is 6.92 Å². The standard InChI is InChI=1S/C17H21BrN2O/c1-3-15(19)7-14-8-16(4-5-17(14)18)21-11-13-6-12(2)9-20-10-13/h4-6,8-10,15H,3,7,11,19H2,1-2H3. The lowest BCUT2D eigenvalue weighted by Crippen LogP contribution is -2.21.